The Labute approximate surface area is 193 Å². The van der Waals surface area contributed by atoms with Gasteiger partial charge in [-0.25, -0.2) is 0 Å². The van der Waals surface area contributed by atoms with E-state index in [9.17, 15) is 14.7 Å². The summed E-state index contributed by atoms with van der Waals surface area (Å²) in [6, 6.07) is 21.9. The molecule has 1 unspecified atom stereocenters. The van der Waals surface area contributed by atoms with Crippen LogP contribution in [0.2, 0.25) is 0 Å². The molecular formula is C28H27NO4. The number of hydrogen-bond acceptors (Lipinski definition) is 4. The molecule has 0 radical (unpaired) electrons. The summed E-state index contributed by atoms with van der Waals surface area (Å²) in [5.41, 5.74) is 4.38. The third-order valence-electron chi connectivity index (χ3n) is 6.26. The number of hydrogen-bond donors (Lipinski definition) is 1. The molecule has 1 amide bonds. The van der Waals surface area contributed by atoms with Crippen LogP contribution in [0.15, 0.2) is 84.1 Å². The summed E-state index contributed by atoms with van der Waals surface area (Å²) in [7, 11) is 1.55. The summed E-state index contributed by atoms with van der Waals surface area (Å²) in [5.74, 6) is -0.783. The van der Waals surface area contributed by atoms with Crippen molar-refractivity contribution in [2.75, 3.05) is 12.0 Å². The molecule has 168 valence electrons. The van der Waals surface area contributed by atoms with Crippen molar-refractivity contribution in [2.45, 2.75) is 32.7 Å². The first-order valence-electron chi connectivity index (χ1n) is 11.0. The van der Waals surface area contributed by atoms with E-state index in [2.05, 4.69) is 0 Å². The van der Waals surface area contributed by atoms with Gasteiger partial charge in [0.25, 0.3) is 5.91 Å². The van der Waals surface area contributed by atoms with Gasteiger partial charge in [-0.2, -0.15) is 0 Å². The number of aliphatic hydroxyl groups is 1. The van der Waals surface area contributed by atoms with Crippen LogP contribution in [0.1, 0.15) is 34.7 Å². The van der Waals surface area contributed by atoms with Gasteiger partial charge in [-0.05, 0) is 49.1 Å². The molecule has 1 heterocycles. The molecule has 3 aromatic carbocycles. The first-order valence-corrected chi connectivity index (χ1v) is 11.0. The van der Waals surface area contributed by atoms with E-state index in [0.29, 0.717) is 23.4 Å². The van der Waals surface area contributed by atoms with E-state index in [1.165, 1.54) is 4.90 Å². The Kier molecular flexibility index (Phi) is 6.31. The minimum absolute atomic E-state index is 0.112. The van der Waals surface area contributed by atoms with Gasteiger partial charge in [0.15, 0.2) is 11.5 Å². The van der Waals surface area contributed by atoms with Crippen molar-refractivity contribution in [2.24, 2.45) is 0 Å². The lowest BCUT2D eigenvalue weighted by atomic mass is 9.92. The van der Waals surface area contributed by atoms with Gasteiger partial charge in [0.05, 0.1) is 18.7 Å². The van der Waals surface area contributed by atoms with E-state index in [4.69, 9.17) is 4.74 Å². The minimum atomic E-state index is -0.780. The highest BCUT2D eigenvalue weighted by atomic mass is 16.5. The van der Waals surface area contributed by atoms with Crippen LogP contribution in [0.25, 0.3) is 0 Å². The normalized spacial score (nSPS) is 15.8. The van der Waals surface area contributed by atoms with Crippen LogP contribution in [0.4, 0.5) is 5.69 Å². The summed E-state index contributed by atoms with van der Waals surface area (Å²) in [4.78, 5) is 28.3. The van der Waals surface area contributed by atoms with Crippen molar-refractivity contribution in [3.05, 3.63) is 106 Å². The zero-order chi connectivity index (χ0) is 23.5. The molecule has 0 fully saturated rings. The average molecular weight is 442 g/mol. The zero-order valence-corrected chi connectivity index (χ0v) is 19.0. The molecule has 0 saturated heterocycles. The number of ether oxygens (including phenoxy) is 1. The quantitative estimate of drug-likeness (QED) is 0.532. The molecule has 1 aliphatic heterocycles. The van der Waals surface area contributed by atoms with Crippen molar-refractivity contribution in [3.8, 4) is 5.75 Å². The molecule has 33 heavy (non-hydrogen) atoms. The highest BCUT2D eigenvalue weighted by molar-refractivity contribution is 6.17. The van der Waals surface area contributed by atoms with Crippen LogP contribution in [0, 0.1) is 13.8 Å². The lowest BCUT2D eigenvalue weighted by Gasteiger charge is -2.29. The van der Waals surface area contributed by atoms with E-state index >= 15 is 0 Å². The summed E-state index contributed by atoms with van der Waals surface area (Å²) in [6.45, 7) is 3.90. The maximum atomic E-state index is 13.4. The number of Topliss-reactive ketones (excluding diaryl/α,β-unsaturated/α-hetero) is 1. The molecule has 0 aromatic heterocycles. The smallest absolute Gasteiger partial charge is 0.294 e. The predicted octanol–water partition coefficient (Wildman–Crippen LogP) is 5.41. The molecule has 5 nitrogen and oxygen atoms in total. The number of rotatable bonds is 7. The van der Waals surface area contributed by atoms with E-state index in [0.717, 1.165) is 16.7 Å². The van der Waals surface area contributed by atoms with Crippen molar-refractivity contribution < 1.29 is 19.4 Å². The fraction of sp³-hybridized carbons (Fsp3) is 0.214. The van der Waals surface area contributed by atoms with Gasteiger partial charge in [0.2, 0.25) is 0 Å². The maximum Gasteiger partial charge on any atom is 0.294 e. The minimum Gasteiger partial charge on any atom is -0.503 e. The Bertz CT molecular complexity index is 1230. The van der Waals surface area contributed by atoms with Crippen LogP contribution in [-0.4, -0.2) is 23.9 Å². The van der Waals surface area contributed by atoms with Crippen LogP contribution in [0.5, 0.6) is 5.75 Å². The highest BCUT2D eigenvalue weighted by Crippen LogP contribution is 2.45. The maximum absolute atomic E-state index is 13.4. The lowest BCUT2D eigenvalue weighted by Crippen LogP contribution is -2.32. The first kappa shape index (κ1) is 22.3. The number of methoxy groups -OCH3 is 1. The Balaban J connectivity index is 1.80. The van der Waals surface area contributed by atoms with Gasteiger partial charge >= 0.3 is 0 Å². The number of aryl methyl sites for hydroxylation is 2. The molecule has 4 rings (SSSR count). The number of carbonyl (C=O) groups excluding carboxylic acids is 2. The molecule has 0 bridgehead atoms. The first-order chi connectivity index (χ1) is 15.9. The molecule has 0 saturated carbocycles. The number of amides is 1. The topological polar surface area (TPSA) is 66.8 Å². The number of nitrogens with zero attached hydrogens (tertiary/aromatic N) is 1. The van der Waals surface area contributed by atoms with Gasteiger partial charge in [0, 0.05) is 17.7 Å². The van der Waals surface area contributed by atoms with Gasteiger partial charge in [0.1, 0.15) is 5.75 Å². The number of benzene rings is 3. The van der Waals surface area contributed by atoms with Crippen LogP contribution >= 0.6 is 0 Å². The van der Waals surface area contributed by atoms with Crippen LogP contribution < -0.4 is 9.64 Å². The Morgan fingerprint density at radius 3 is 2.39 bits per heavy atom. The average Bonchev–Trinajstić information content (AvgIpc) is 3.10. The molecule has 3 aromatic rings. The largest absolute Gasteiger partial charge is 0.503 e. The summed E-state index contributed by atoms with van der Waals surface area (Å²) in [6.07, 6.45) is 0.704. The SMILES string of the molecule is COc1ccccc1C1C(C(=O)CCc2ccccc2)=C(O)C(=O)N1c1cccc(C)c1C. The fourth-order valence-electron chi connectivity index (χ4n) is 4.36. The van der Waals surface area contributed by atoms with Crippen molar-refractivity contribution >= 4 is 17.4 Å². The van der Waals surface area contributed by atoms with Gasteiger partial charge < -0.3 is 9.84 Å². The van der Waals surface area contributed by atoms with E-state index in [1.54, 1.807) is 13.2 Å². The third-order valence-corrected chi connectivity index (χ3v) is 6.26. The van der Waals surface area contributed by atoms with Crippen molar-refractivity contribution in [1.82, 2.24) is 0 Å². The Morgan fingerprint density at radius 1 is 0.970 bits per heavy atom. The number of carbonyl (C=O) groups is 2. The fourth-order valence-corrected chi connectivity index (χ4v) is 4.36. The molecular weight excluding hydrogens is 414 g/mol. The highest BCUT2D eigenvalue weighted by Gasteiger charge is 2.45. The summed E-state index contributed by atoms with van der Waals surface area (Å²) in [5, 5.41) is 10.9. The number of aliphatic hydroxyl groups excluding tert-OH is 1. The van der Waals surface area contributed by atoms with E-state index < -0.39 is 17.7 Å². The monoisotopic (exact) mass is 441 g/mol. The van der Waals surface area contributed by atoms with Crippen molar-refractivity contribution in [1.29, 1.82) is 0 Å². The van der Waals surface area contributed by atoms with E-state index in [1.807, 2.05) is 80.6 Å². The molecule has 0 spiro atoms. The van der Waals surface area contributed by atoms with Gasteiger partial charge in [-0.1, -0.05) is 60.7 Å². The number of para-hydroxylation sites is 1. The molecule has 1 aliphatic rings. The molecule has 1 N–H and O–H groups in total. The van der Waals surface area contributed by atoms with Gasteiger partial charge in [-0.15, -0.1) is 0 Å². The zero-order valence-electron chi connectivity index (χ0n) is 19.0. The lowest BCUT2D eigenvalue weighted by molar-refractivity contribution is -0.118. The Morgan fingerprint density at radius 2 is 1.67 bits per heavy atom. The Hall–Kier alpha value is -3.86. The standard InChI is InChI=1S/C28H27NO4/c1-18-10-9-14-22(19(18)2)29-26(21-13-7-8-15-24(21)33-3)25(27(31)28(29)32)23(30)17-16-20-11-5-4-6-12-20/h4-15,26,31H,16-17H2,1-3H3. The molecule has 1 atom stereocenters. The summed E-state index contributed by atoms with van der Waals surface area (Å²) >= 11 is 0. The molecule has 0 aliphatic carbocycles. The van der Waals surface area contributed by atoms with E-state index in [-0.39, 0.29) is 17.8 Å². The van der Waals surface area contributed by atoms with Gasteiger partial charge in [-0.3, -0.25) is 14.5 Å². The van der Waals surface area contributed by atoms with Crippen LogP contribution in [0.3, 0.4) is 0 Å². The second-order valence-electron chi connectivity index (χ2n) is 8.21. The second kappa shape index (κ2) is 9.33. The third kappa shape index (κ3) is 4.14. The number of anilines is 1. The number of ketones is 1. The molecule has 5 heteroatoms. The van der Waals surface area contributed by atoms with Crippen molar-refractivity contribution in [3.63, 3.8) is 0 Å². The predicted molar refractivity (Wildman–Crippen MR) is 129 cm³/mol. The summed E-state index contributed by atoms with van der Waals surface area (Å²) < 4.78 is 5.57. The van der Waals surface area contributed by atoms with Crippen LogP contribution in [-0.2, 0) is 16.0 Å². The second-order valence-corrected chi connectivity index (χ2v) is 8.21.